The van der Waals surface area contributed by atoms with Gasteiger partial charge in [-0.3, -0.25) is 15.8 Å². The molecule has 2 fully saturated rings. The second-order valence-corrected chi connectivity index (χ2v) is 8.86. The Hall–Kier alpha value is -2.09. The zero-order valence-electron chi connectivity index (χ0n) is 15.1. The highest BCUT2D eigenvalue weighted by atomic mass is 32.1. The first-order valence-corrected chi connectivity index (χ1v) is 10.6. The van der Waals surface area contributed by atoms with Crippen LogP contribution in [0.25, 0.3) is 21.6 Å². The molecule has 6 nitrogen and oxygen atoms in total. The molecule has 0 spiro atoms. The van der Waals surface area contributed by atoms with Gasteiger partial charge in [0.2, 0.25) is 0 Å². The number of anilines is 1. The molecule has 2 saturated heterocycles. The van der Waals surface area contributed by atoms with Gasteiger partial charge in [-0.05, 0) is 43.4 Å². The molecule has 3 aromatic heterocycles. The molecule has 0 bridgehead atoms. The number of hydrogen-bond acceptors (Lipinski definition) is 7. The summed E-state index contributed by atoms with van der Waals surface area (Å²) in [6.45, 7) is 3.12. The zero-order chi connectivity index (χ0) is 17.8. The van der Waals surface area contributed by atoms with E-state index in [4.69, 9.17) is 9.97 Å². The standard InChI is InChI=1S/C20H22N6S/c1-4-14-16(5-1)27-20-17(14)19(23-18(24-20)12-3-2-7-21-9-12)26-8-6-15-13(11-26)10-22-25-15/h2-3,7,9,13,15,22,25H,1,4-6,8,10-11H2. The van der Waals surface area contributed by atoms with Crippen LogP contribution in [0.5, 0.6) is 0 Å². The van der Waals surface area contributed by atoms with Gasteiger partial charge in [-0.25, -0.2) is 9.97 Å². The molecule has 2 N–H and O–H groups in total. The highest BCUT2D eigenvalue weighted by Gasteiger charge is 2.35. The van der Waals surface area contributed by atoms with Crippen molar-refractivity contribution in [1.29, 1.82) is 0 Å². The predicted molar refractivity (Wildman–Crippen MR) is 108 cm³/mol. The topological polar surface area (TPSA) is 66.0 Å². The van der Waals surface area contributed by atoms with Crippen molar-refractivity contribution in [3.05, 3.63) is 35.0 Å². The van der Waals surface area contributed by atoms with Crippen LogP contribution in [0, 0.1) is 5.92 Å². The van der Waals surface area contributed by atoms with Crippen molar-refractivity contribution in [3.63, 3.8) is 0 Å². The molecule has 3 aromatic rings. The maximum Gasteiger partial charge on any atom is 0.164 e. The maximum absolute atomic E-state index is 5.10. The van der Waals surface area contributed by atoms with Crippen LogP contribution >= 0.6 is 11.3 Å². The lowest BCUT2D eigenvalue weighted by molar-refractivity contribution is 0.383. The molecule has 27 heavy (non-hydrogen) atoms. The second kappa shape index (κ2) is 6.22. The highest BCUT2D eigenvalue weighted by Crippen LogP contribution is 2.42. The van der Waals surface area contributed by atoms with Gasteiger partial charge in [-0.1, -0.05) is 0 Å². The van der Waals surface area contributed by atoms with Crippen LogP contribution in [0.2, 0.25) is 0 Å². The summed E-state index contributed by atoms with van der Waals surface area (Å²) >= 11 is 1.87. The lowest BCUT2D eigenvalue weighted by atomic mass is 9.94. The summed E-state index contributed by atoms with van der Waals surface area (Å²) < 4.78 is 0. The Morgan fingerprint density at radius 1 is 1.22 bits per heavy atom. The Morgan fingerprint density at radius 3 is 3.15 bits per heavy atom. The minimum atomic E-state index is 0.588. The highest BCUT2D eigenvalue weighted by molar-refractivity contribution is 7.19. The summed E-state index contributed by atoms with van der Waals surface area (Å²) in [5, 5.41) is 1.32. The Labute approximate surface area is 162 Å². The smallest absolute Gasteiger partial charge is 0.164 e. The first kappa shape index (κ1) is 15.9. The second-order valence-electron chi connectivity index (χ2n) is 7.78. The van der Waals surface area contributed by atoms with Gasteiger partial charge in [-0.15, -0.1) is 11.3 Å². The molecule has 2 unspecified atom stereocenters. The van der Waals surface area contributed by atoms with Crippen molar-refractivity contribution in [2.45, 2.75) is 31.7 Å². The summed E-state index contributed by atoms with van der Waals surface area (Å²) in [5.74, 6) is 2.58. The van der Waals surface area contributed by atoms with Crippen molar-refractivity contribution in [2.24, 2.45) is 5.92 Å². The van der Waals surface area contributed by atoms with E-state index in [1.54, 1.807) is 6.20 Å². The average Bonchev–Trinajstić information content (AvgIpc) is 3.42. The van der Waals surface area contributed by atoms with E-state index < -0.39 is 0 Å². The van der Waals surface area contributed by atoms with Crippen LogP contribution in [0.1, 0.15) is 23.3 Å². The van der Waals surface area contributed by atoms with Gasteiger partial charge in [0.15, 0.2) is 5.82 Å². The maximum atomic E-state index is 5.10. The van der Waals surface area contributed by atoms with E-state index in [1.165, 1.54) is 35.1 Å². The Kier molecular flexibility index (Phi) is 3.67. The number of piperidine rings is 1. The zero-order valence-corrected chi connectivity index (χ0v) is 15.9. The number of aryl methyl sites for hydroxylation is 2. The molecular formula is C20H22N6S. The van der Waals surface area contributed by atoms with Crippen LogP contribution in [0.3, 0.4) is 0 Å². The third-order valence-corrected chi connectivity index (χ3v) is 7.34. The fourth-order valence-corrected chi connectivity index (χ4v) is 6.03. The van der Waals surface area contributed by atoms with E-state index in [0.29, 0.717) is 12.0 Å². The fraction of sp³-hybridized carbons (Fsp3) is 0.450. The lowest BCUT2D eigenvalue weighted by Crippen LogP contribution is -2.45. The van der Waals surface area contributed by atoms with E-state index in [0.717, 1.165) is 48.1 Å². The molecule has 6 rings (SSSR count). The fourth-order valence-electron chi connectivity index (χ4n) is 4.77. The molecule has 138 valence electrons. The summed E-state index contributed by atoms with van der Waals surface area (Å²) in [5.41, 5.74) is 9.26. The Bertz CT molecular complexity index is 1000. The van der Waals surface area contributed by atoms with Crippen molar-refractivity contribution < 1.29 is 0 Å². The molecule has 2 atom stereocenters. The van der Waals surface area contributed by atoms with Crippen LogP contribution in [-0.4, -0.2) is 40.6 Å². The van der Waals surface area contributed by atoms with Gasteiger partial charge >= 0.3 is 0 Å². The molecular weight excluding hydrogens is 356 g/mol. The SMILES string of the molecule is c1cncc(-c2nc(N3CCC4NNCC4C3)c3c4c(sc3n2)CCC4)c1. The summed E-state index contributed by atoms with van der Waals surface area (Å²) in [7, 11) is 0. The van der Waals surface area contributed by atoms with Crippen molar-refractivity contribution in [2.75, 3.05) is 24.5 Å². The van der Waals surface area contributed by atoms with Crippen LogP contribution in [0.15, 0.2) is 24.5 Å². The number of nitrogens with one attached hydrogen (secondary N) is 2. The van der Waals surface area contributed by atoms with Gasteiger partial charge in [0.25, 0.3) is 0 Å². The number of aromatic nitrogens is 3. The van der Waals surface area contributed by atoms with Gasteiger partial charge in [0.1, 0.15) is 10.6 Å². The van der Waals surface area contributed by atoms with E-state index in [-0.39, 0.29) is 0 Å². The minimum absolute atomic E-state index is 0.588. The largest absolute Gasteiger partial charge is 0.355 e. The molecule has 7 heteroatoms. The number of nitrogens with zero attached hydrogens (tertiary/aromatic N) is 4. The number of rotatable bonds is 2. The molecule has 1 aliphatic carbocycles. The quantitative estimate of drug-likeness (QED) is 0.714. The van der Waals surface area contributed by atoms with Crippen LogP contribution < -0.4 is 15.8 Å². The molecule has 0 aromatic carbocycles. The van der Waals surface area contributed by atoms with Crippen LogP contribution in [-0.2, 0) is 12.8 Å². The number of fused-ring (bicyclic) bond motifs is 4. The van der Waals surface area contributed by atoms with Gasteiger partial charge in [0.05, 0.1) is 5.39 Å². The van der Waals surface area contributed by atoms with Gasteiger partial charge in [-0.2, -0.15) is 0 Å². The first-order valence-electron chi connectivity index (χ1n) is 9.83. The molecule has 0 amide bonds. The van der Waals surface area contributed by atoms with Gasteiger partial charge in [0, 0.05) is 54.4 Å². The first-order chi connectivity index (χ1) is 13.4. The Balaban J connectivity index is 1.51. The molecule has 5 heterocycles. The van der Waals surface area contributed by atoms with Crippen molar-refractivity contribution in [1.82, 2.24) is 25.8 Å². The molecule has 2 aliphatic heterocycles. The van der Waals surface area contributed by atoms with Crippen molar-refractivity contribution >= 4 is 27.4 Å². The van der Waals surface area contributed by atoms with E-state index in [9.17, 15) is 0 Å². The lowest BCUT2D eigenvalue weighted by Gasteiger charge is -2.35. The molecule has 3 aliphatic rings. The summed E-state index contributed by atoms with van der Waals surface area (Å²) in [4.78, 5) is 19.5. The van der Waals surface area contributed by atoms with Gasteiger partial charge < -0.3 is 4.90 Å². The van der Waals surface area contributed by atoms with E-state index in [2.05, 4.69) is 26.8 Å². The van der Waals surface area contributed by atoms with Crippen molar-refractivity contribution in [3.8, 4) is 11.4 Å². The summed E-state index contributed by atoms with van der Waals surface area (Å²) in [6.07, 6.45) is 8.44. The third-order valence-electron chi connectivity index (χ3n) is 6.15. The predicted octanol–water partition coefficient (Wildman–Crippen LogP) is 2.54. The number of pyridine rings is 1. The molecule has 0 radical (unpaired) electrons. The summed E-state index contributed by atoms with van der Waals surface area (Å²) in [6, 6.07) is 4.60. The van der Waals surface area contributed by atoms with Crippen LogP contribution in [0.4, 0.5) is 5.82 Å². The number of hydrazine groups is 1. The molecule has 0 saturated carbocycles. The monoisotopic (exact) mass is 378 g/mol. The van der Waals surface area contributed by atoms with E-state index in [1.807, 2.05) is 23.6 Å². The number of thiophene rings is 1. The normalized spacial score (nSPS) is 24.4. The van der Waals surface area contributed by atoms with E-state index >= 15 is 0 Å². The third kappa shape index (κ3) is 2.56. The average molecular weight is 379 g/mol. The Morgan fingerprint density at radius 2 is 2.22 bits per heavy atom. The minimum Gasteiger partial charge on any atom is -0.355 e. The number of hydrogen-bond donors (Lipinski definition) is 2.